The molecule has 0 unspecified atom stereocenters. The highest BCUT2D eigenvalue weighted by molar-refractivity contribution is 6.04. The van der Waals surface area contributed by atoms with Crippen LogP contribution in [-0.4, -0.2) is 35.4 Å². The lowest BCUT2D eigenvalue weighted by atomic mass is 9.92. The Bertz CT molecular complexity index is 1300. The number of carbonyl (C=O) groups is 2. The second-order valence-electron chi connectivity index (χ2n) is 8.12. The van der Waals surface area contributed by atoms with Gasteiger partial charge in [0.15, 0.2) is 0 Å². The molecule has 2 aromatic carbocycles. The summed E-state index contributed by atoms with van der Waals surface area (Å²) in [7, 11) is 1.53. The van der Waals surface area contributed by atoms with E-state index in [-0.39, 0.29) is 23.7 Å². The normalized spacial score (nSPS) is 16.9. The lowest BCUT2D eigenvalue weighted by Crippen LogP contribution is -2.38. The van der Waals surface area contributed by atoms with Crippen LogP contribution in [0.5, 0.6) is 5.75 Å². The highest BCUT2D eigenvalue weighted by atomic mass is 16.5. The summed E-state index contributed by atoms with van der Waals surface area (Å²) in [6.45, 7) is 1.29. The van der Waals surface area contributed by atoms with Crippen LogP contribution in [0.25, 0.3) is 0 Å². The maximum atomic E-state index is 13.1. The minimum atomic E-state index is -0.952. The number of aromatic amines is 1. The minimum absolute atomic E-state index is 0.134. The van der Waals surface area contributed by atoms with Crippen molar-refractivity contribution in [1.29, 1.82) is 0 Å². The quantitative estimate of drug-likeness (QED) is 0.568. The molecular weight excluding hydrogens is 422 g/mol. The van der Waals surface area contributed by atoms with E-state index in [1.54, 1.807) is 24.3 Å². The van der Waals surface area contributed by atoms with Crippen molar-refractivity contribution < 1.29 is 14.3 Å². The lowest BCUT2D eigenvalue weighted by molar-refractivity contribution is -0.123. The van der Waals surface area contributed by atoms with E-state index >= 15 is 0 Å². The van der Waals surface area contributed by atoms with Gasteiger partial charge in [-0.15, -0.1) is 0 Å². The lowest BCUT2D eigenvalue weighted by Gasteiger charge is -2.30. The van der Waals surface area contributed by atoms with Crippen molar-refractivity contribution in [1.82, 2.24) is 9.97 Å². The average molecular weight is 445 g/mol. The van der Waals surface area contributed by atoms with Crippen LogP contribution in [0.15, 0.2) is 53.3 Å². The Balaban J connectivity index is 1.44. The van der Waals surface area contributed by atoms with E-state index in [4.69, 9.17) is 4.74 Å². The second kappa shape index (κ2) is 8.42. The average Bonchev–Trinajstić information content (AvgIpc) is 2.83. The summed E-state index contributed by atoms with van der Waals surface area (Å²) >= 11 is 0. The molecule has 9 heteroatoms. The van der Waals surface area contributed by atoms with Crippen molar-refractivity contribution in [2.45, 2.75) is 25.3 Å². The number of H-pyrrole nitrogens is 1. The molecule has 1 atom stereocenters. The van der Waals surface area contributed by atoms with Gasteiger partial charge in [-0.25, -0.2) is 0 Å². The van der Waals surface area contributed by atoms with Gasteiger partial charge in [-0.3, -0.25) is 19.4 Å². The first-order chi connectivity index (χ1) is 16.0. The number of hydrogen-bond acceptors (Lipinski definition) is 6. The fraction of sp³-hybridized carbons (Fsp3) is 0.250. The Kier molecular flexibility index (Phi) is 5.29. The summed E-state index contributed by atoms with van der Waals surface area (Å²) < 4.78 is 5.18. The molecule has 2 amide bonds. The Morgan fingerprint density at radius 3 is 2.79 bits per heavy atom. The molecule has 9 nitrogen and oxygen atoms in total. The predicted octanol–water partition coefficient (Wildman–Crippen LogP) is 2.41. The fourth-order valence-corrected chi connectivity index (χ4v) is 4.34. The van der Waals surface area contributed by atoms with Gasteiger partial charge in [0, 0.05) is 31.3 Å². The SMILES string of the molecule is COc1cccc(NC(=O)[C@H]2CC(=O)Nc3nc(N4CCc5ccccc5C4)[nH]c(=O)c32)c1. The number of fused-ring (bicyclic) bond motifs is 2. The number of carbonyl (C=O) groups excluding carboxylic acids is 2. The van der Waals surface area contributed by atoms with Gasteiger partial charge in [-0.05, 0) is 29.7 Å². The molecular formula is C24H23N5O4. The number of ether oxygens (including phenoxy) is 1. The van der Waals surface area contributed by atoms with E-state index < -0.39 is 17.4 Å². The first-order valence-corrected chi connectivity index (χ1v) is 10.7. The van der Waals surface area contributed by atoms with Gasteiger partial charge >= 0.3 is 0 Å². The van der Waals surface area contributed by atoms with Crippen molar-refractivity contribution in [2.75, 3.05) is 29.2 Å². The number of amides is 2. The zero-order valence-electron chi connectivity index (χ0n) is 18.1. The summed E-state index contributed by atoms with van der Waals surface area (Å²) in [5, 5.41) is 5.44. The van der Waals surface area contributed by atoms with Crippen LogP contribution < -0.4 is 25.8 Å². The zero-order chi connectivity index (χ0) is 22.9. The number of methoxy groups -OCH3 is 1. The third-order valence-corrected chi connectivity index (χ3v) is 6.02. The van der Waals surface area contributed by atoms with Crippen LogP contribution in [0.4, 0.5) is 17.5 Å². The molecule has 0 bridgehead atoms. The molecule has 0 saturated heterocycles. The molecule has 2 aliphatic heterocycles. The van der Waals surface area contributed by atoms with E-state index in [2.05, 4.69) is 32.7 Å². The smallest absolute Gasteiger partial charge is 0.258 e. The van der Waals surface area contributed by atoms with Gasteiger partial charge in [-0.1, -0.05) is 30.3 Å². The fourth-order valence-electron chi connectivity index (χ4n) is 4.34. The predicted molar refractivity (Wildman–Crippen MR) is 124 cm³/mol. The molecule has 1 aromatic heterocycles. The summed E-state index contributed by atoms with van der Waals surface area (Å²) in [6, 6.07) is 15.0. The van der Waals surface area contributed by atoms with Gasteiger partial charge < -0.3 is 20.3 Å². The van der Waals surface area contributed by atoms with Gasteiger partial charge in [0.25, 0.3) is 5.56 Å². The van der Waals surface area contributed by atoms with Crippen molar-refractivity contribution >= 4 is 29.3 Å². The summed E-state index contributed by atoms with van der Waals surface area (Å²) in [5.41, 5.74) is 2.69. The van der Waals surface area contributed by atoms with E-state index in [9.17, 15) is 14.4 Å². The summed E-state index contributed by atoms with van der Waals surface area (Å²) in [4.78, 5) is 47.8. The molecule has 2 aliphatic rings. The molecule has 0 saturated carbocycles. The third kappa shape index (κ3) is 4.05. The highest BCUT2D eigenvalue weighted by Gasteiger charge is 2.35. The van der Waals surface area contributed by atoms with E-state index in [1.165, 1.54) is 18.2 Å². The maximum absolute atomic E-state index is 13.1. The standard InChI is InChI=1S/C24H23N5O4/c1-33-17-8-4-7-16(11-17)25-22(31)18-12-19(30)26-21-20(18)23(32)28-24(27-21)29-10-9-14-5-2-3-6-15(14)13-29/h2-8,11,18H,9-10,12-13H2,1H3,(H,25,31)(H2,26,27,28,30,32)/t18-/m0/s1. The summed E-state index contributed by atoms with van der Waals surface area (Å²) in [6.07, 6.45) is 0.693. The van der Waals surface area contributed by atoms with Gasteiger partial charge in [0.05, 0.1) is 18.6 Å². The van der Waals surface area contributed by atoms with Crippen LogP contribution in [0.3, 0.4) is 0 Å². The van der Waals surface area contributed by atoms with Crippen molar-refractivity contribution in [3.05, 3.63) is 75.6 Å². The molecule has 0 fully saturated rings. The van der Waals surface area contributed by atoms with Crippen LogP contribution >= 0.6 is 0 Å². The number of nitrogens with zero attached hydrogens (tertiary/aromatic N) is 2. The maximum Gasteiger partial charge on any atom is 0.258 e. The third-order valence-electron chi connectivity index (χ3n) is 6.02. The molecule has 0 radical (unpaired) electrons. The number of aromatic nitrogens is 2. The van der Waals surface area contributed by atoms with E-state index in [0.717, 1.165) is 6.42 Å². The number of nitrogens with one attached hydrogen (secondary N) is 3. The number of rotatable bonds is 4. The van der Waals surface area contributed by atoms with Crippen molar-refractivity contribution in [3.63, 3.8) is 0 Å². The van der Waals surface area contributed by atoms with Crippen molar-refractivity contribution in [3.8, 4) is 5.75 Å². The Labute approximate surface area is 189 Å². The minimum Gasteiger partial charge on any atom is -0.497 e. The molecule has 5 rings (SSSR count). The number of benzene rings is 2. The number of anilines is 3. The largest absolute Gasteiger partial charge is 0.497 e. The van der Waals surface area contributed by atoms with Gasteiger partial charge in [-0.2, -0.15) is 4.98 Å². The van der Waals surface area contributed by atoms with Crippen LogP contribution in [0, 0.1) is 0 Å². The van der Waals surface area contributed by atoms with Crippen LogP contribution in [-0.2, 0) is 22.6 Å². The summed E-state index contributed by atoms with van der Waals surface area (Å²) in [5.74, 6) is -0.668. The zero-order valence-corrected chi connectivity index (χ0v) is 18.1. The molecule has 0 aliphatic carbocycles. The first-order valence-electron chi connectivity index (χ1n) is 10.7. The first kappa shape index (κ1) is 20.7. The molecule has 3 heterocycles. The van der Waals surface area contributed by atoms with E-state index in [0.29, 0.717) is 30.5 Å². The molecule has 3 aromatic rings. The van der Waals surface area contributed by atoms with Crippen LogP contribution in [0.1, 0.15) is 29.0 Å². The van der Waals surface area contributed by atoms with Crippen LogP contribution in [0.2, 0.25) is 0 Å². The molecule has 3 N–H and O–H groups in total. The van der Waals surface area contributed by atoms with Gasteiger partial charge in [0.1, 0.15) is 11.6 Å². The van der Waals surface area contributed by atoms with Crippen molar-refractivity contribution in [2.24, 2.45) is 0 Å². The highest BCUT2D eigenvalue weighted by Crippen LogP contribution is 2.31. The molecule has 0 spiro atoms. The number of hydrogen-bond donors (Lipinski definition) is 3. The Morgan fingerprint density at radius 1 is 1.15 bits per heavy atom. The topological polar surface area (TPSA) is 116 Å². The molecule has 168 valence electrons. The Morgan fingerprint density at radius 2 is 1.97 bits per heavy atom. The second-order valence-corrected chi connectivity index (χ2v) is 8.12. The Hall–Kier alpha value is -4.14. The van der Waals surface area contributed by atoms with Gasteiger partial charge in [0.2, 0.25) is 17.8 Å². The van der Waals surface area contributed by atoms with E-state index in [1.807, 2.05) is 17.0 Å². The molecule has 33 heavy (non-hydrogen) atoms. The monoisotopic (exact) mass is 445 g/mol.